The van der Waals surface area contributed by atoms with Crippen molar-refractivity contribution in [2.45, 2.75) is 46.5 Å². The highest BCUT2D eigenvalue weighted by Crippen LogP contribution is 2.79. The smallest absolute Gasteiger partial charge is 0.0107 e. The summed E-state index contributed by atoms with van der Waals surface area (Å²) in [6.45, 7) is 11.7. The van der Waals surface area contributed by atoms with Crippen molar-refractivity contribution < 1.29 is 0 Å². The first-order chi connectivity index (χ1) is 7.09. The second kappa shape index (κ2) is 2.90. The van der Waals surface area contributed by atoms with Crippen LogP contribution in [-0.2, 0) is 0 Å². The summed E-state index contributed by atoms with van der Waals surface area (Å²) in [5.41, 5.74) is 2.34. The lowest BCUT2D eigenvalue weighted by molar-refractivity contribution is 0.142. The van der Waals surface area contributed by atoms with Crippen LogP contribution in [0.15, 0.2) is 12.2 Å². The number of allylic oxidation sites excluding steroid dienone is 1. The predicted octanol–water partition coefficient (Wildman–Crippen LogP) is 4.27. The maximum Gasteiger partial charge on any atom is -0.0107 e. The summed E-state index contributed by atoms with van der Waals surface area (Å²) < 4.78 is 0. The van der Waals surface area contributed by atoms with Crippen molar-refractivity contribution in [2.24, 2.45) is 35.0 Å². The van der Waals surface area contributed by atoms with Gasteiger partial charge in [0.2, 0.25) is 0 Å². The molecule has 0 heteroatoms. The molecule has 0 nitrogen and oxygen atoms in total. The molecular formula is C15H24. The highest BCUT2D eigenvalue weighted by Gasteiger charge is 2.73. The van der Waals surface area contributed by atoms with E-state index < -0.39 is 0 Å². The lowest BCUT2D eigenvalue weighted by Crippen LogP contribution is -2.27. The lowest BCUT2D eigenvalue weighted by atomic mass is 9.70. The first-order valence-corrected chi connectivity index (χ1v) is 6.76. The van der Waals surface area contributed by atoms with E-state index in [9.17, 15) is 0 Å². The van der Waals surface area contributed by atoms with Gasteiger partial charge in [0.15, 0.2) is 0 Å². The van der Waals surface area contributed by atoms with Gasteiger partial charge in [-0.05, 0) is 60.7 Å². The summed E-state index contributed by atoms with van der Waals surface area (Å²) in [4.78, 5) is 0. The van der Waals surface area contributed by atoms with Gasteiger partial charge in [0.1, 0.15) is 0 Å². The Morgan fingerprint density at radius 2 is 2.07 bits per heavy atom. The molecule has 0 aliphatic heterocycles. The molecule has 84 valence electrons. The highest BCUT2D eigenvalue weighted by atomic mass is 14.8. The first-order valence-electron chi connectivity index (χ1n) is 6.76. The number of rotatable bonds is 1. The second-order valence-corrected chi connectivity index (χ2v) is 6.66. The van der Waals surface area contributed by atoms with E-state index >= 15 is 0 Å². The van der Waals surface area contributed by atoms with Gasteiger partial charge in [0.25, 0.3) is 0 Å². The van der Waals surface area contributed by atoms with Gasteiger partial charge in [-0.1, -0.05) is 32.9 Å². The minimum Gasteiger partial charge on any atom is -0.0995 e. The standard InChI is InChI=1S/C15H24/c1-9(2)12-6-5-11(4)15-8-7-10(3)13(15)14(12)15/h9,11-14H,3,5-8H2,1-2,4H3/t11-,12+,13+,14-,15?/m1/s1. The summed E-state index contributed by atoms with van der Waals surface area (Å²) in [5, 5.41) is 0. The molecule has 15 heavy (non-hydrogen) atoms. The average molecular weight is 204 g/mol. The Bertz CT molecular complexity index is 301. The van der Waals surface area contributed by atoms with E-state index in [0.29, 0.717) is 0 Å². The van der Waals surface area contributed by atoms with Crippen LogP contribution in [0.25, 0.3) is 0 Å². The molecule has 3 rings (SSSR count). The average Bonchev–Trinajstić information content (AvgIpc) is 2.75. The quantitative estimate of drug-likeness (QED) is 0.559. The van der Waals surface area contributed by atoms with Crippen molar-refractivity contribution in [1.29, 1.82) is 0 Å². The number of fused-ring (bicyclic) bond motifs is 1. The van der Waals surface area contributed by atoms with Crippen LogP contribution in [0, 0.1) is 35.0 Å². The van der Waals surface area contributed by atoms with Crippen LogP contribution >= 0.6 is 0 Å². The van der Waals surface area contributed by atoms with Gasteiger partial charge in [-0.3, -0.25) is 0 Å². The number of hydrogen-bond donors (Lipinski definition) is 0. The molecule has 1 spiro atoms. The summed E-state index contributed by atoms with van der Waals surface area (Å²) in [6, 6.07) is 0. The van der Waals surface area contributed by atoms with Gasteiger partial charge < -0.3 is 0 Å². The minimum absolute atomic E-state index is 0.740. The molecule has 0 radical (unpaired) electrons. The largest absolute Gasteiger partial charge is 0.0995 e. The zero-order chi connectivity index (χ0) is 10.8. The van der Waals surface area contributed by atoms with Crippen LogP contribution in [0.4, 0.5) is 0 Å². The fraction of sp³-hybridized carbons (Fsp3) is 0.867. The monoisotopic (exact) mass is 204 g/mol. The molecule has 0 aromatic carbocycles. The van der Waals surface area contributed by atoms with E-state index in [4.69, 9.17) is 0 Å². The van der Waals surface area contributed by atoms with Crippen LogP contribution in [-0.4, -0.2) is 0 Å². The van der Waals surface area contributed by atoms with Gasteiger partial charge in [-0.25, -0.2) is 0 Å². The van der Waals surface area contributed by atoms with E-state index in [-0.39, 0.29) is 0 Å². The van der Waals surface area contributed by atoms with Crippen LogP contribution in [0.2, 0.25) is 0 Å². The maximum atomic E-state index is 4.32. The SMILES string of the molecule is C=C1CCC23[C@H]([C@H](C(C)C)CC[C@H]2C)[C@H]13. The maximum absolute atomic E-state index is 4.32. The Balaban J connectivity index is 1.91. The highest BCUT2D eigenvalue weighted by molar-refractivity contribution is 5.33. The molecule has 1 unspecified atom stereocenters. The molecule has 0 saturated heterocycles. The molecule has 0 amide bonds. The Labute approximate surface area is 94.1 Å². The number of hydrogen-bond acceptors (Lipinski definition) is 0. The zero-order valence-corrected chi connectivity index (χ0v) is 10.4. The third-order valence-electron chi connectivity index (χ3n) is 5.94. The van der Waals surface area contributed by atoms with Crippen LogP contribution in [0.3, 0.4) is 0 Å². The normalized spacial score (nSPS) is 52.9. The van der Waals surface area contributed by atoms with Crippen molar-refractivity contribution in [2.75, 3.05) is 0 Å². The van der Waals surface area contributed by atoms with E-state index in [2.05, 4.69) is 27.4 Å². The topological polar surface area (TPSA) is 0 Å². The van der Waals surface area contributed by atoms with E-state index in [1.165, 1.54) is 25.7 Å². The van der Waals surface area contributed by atoms with Gasteiger partial charge in [0, 0.05) is 0 Å². The molecule has 3 saturated carbocycles. The fourth-order valence-corrected chi connectivity index (χ4v) is 5.14. The van der Waals surface area contributed by atoms with Crippen molar-refractivity contribution in [1.82, 2.24) is 0 Å². The van der Waals surface area contributed by atoms with Gasteiger partial charge in [-0.15, -0.1) is 0 Å². The Morgan fingerprint density at radius 1 is 1.33 bits per heavy atom. The Hall–Kier alpha value is -0.260. The third kappa shape index (κ3) is 1.04. The van der Waals surface area contributed by atoms with Crippen molar-refractivity contribution >= 4 is 0 Å². The van der Waals surface area contributed by atoms with Gasteiger partial charge >= 0.3 is 0 Å². The predicted molar refractivity (Wildman–Crippen MR) is 64.5 cm³/mol. The molecule has 5 atom stereocenters. The minimum atomic E-state index is 0.740. The van der Waals surface area contributed by atoms with Crippen molar-refractivity contribution in [3.8, 4) is 0 Å². The molecule has 3 aliphatic rings. The molecule has 3 fully saturated rings. The Morgan fingerprint density at radius 3 is 2.73 bits per heavy atom. The van der Waals surface area contributed by atoms with E-state index in [0.717, 1.165) is 35.0 Å². The molecule has 0 bridgehead atoms. The lowest BCUT2D eigenvalue weighted by Gasteiger charge is -2.35. The third-order valence-corrected chi connectivity index (χ3v) is 5.94. The molecule has 0 heterocycles. The molecular weight excluding hydrogens is 180 g/mol. The molecule has 0 aromatic heterocycles. The zero-order valence-electron chi connectivity index (χ0n) is 10.4. The molecule has 0 aromatic rings. The Kier molecular flexibility index (Phi) is 1.92. The summed E-state index contributed by atoms with van der Waals surface area (Å²) in [5.74, 6) is 4.83. The van der Waals surface area contributed by atoms with E-state index in [1.807, 2.05) is 0 Å². The van der Waals surface area contributed by atoms with Gasteiger partial charge in [0.05, 0.1) is 0 Å². The summed E-state index contributed by atoms with van der Waals surface area (Å²) in [7, 11) is 0. The van der Waals surface area contributed by atoms with Crippen molar-refractivity contribution in [3.63, 3.8) is 0 Å². The van der Waals surface area contributed by atoms with E-state index in [1.54, 1.807) is 5.57 Å². The first kappa shape index (κ1) is 9.93. The van der Waals surface area contributed by atoms with Crippen molar-refractivity contribution in [3.05, 3.63) is 12.2 Å². The summed E-state index contributed by atoms with van der Waals surface area (Å²) >= 11 is 0. The molecule has 3 aliphatic carbocycles. The fourth-order valence-electron chi connectivity index (χ4n) is 5.14. The van der Waals surface area contributed by atoms with Gasteiger partial charge in [-0.2, -0.15) is 0 Å². The summed E-state index contributed by atoms with van der Waals surface area (Å²) in [6.07, 6.45) is 5.75. The van der Waals surface area contributed by atoms with Crippen LogP contribution in [0.5, 0.6) is 0 Å². The van der Waals surface area contributed by atoms with Crippen LogP contribution < -0.4 is 0 Å². The second-order valence-electron chi connectivity index (χ2n) is 6.66. The van der Waals surface area contributed by atoms with Crippen LogP contribution in [0.1, 0.15) is 46.5 Å². The molecule has 0 N–H and O–H groups in total.